The maximum atomic E-state index is 13.7. The highest BCUT2D eigenvalue weighted by molar-refractivity contribution is 7.99. The fourth-order valence-corrected chi connectivity index (χ4v) is 4.30. The molecule has 1 amide bonds. The molecule has 0 bridgehead atoms. The summed E-state index contributed by atoms with van der Waals surface area (Å²) in [4.78, 5) is 16.3. The standard InChI is InChI=1S/C21H25ClF5N3OS/c1-19(2,32-3)11-28-18(31)13-9-15(22)30-14(8-12-4-6-20(23,24)7-5-12)17(21(25,26)27)29-16(30)10-13/h9-10,12H,4-8,11H2,1-3H3,(H,28,31). The molecule has 0 radical (unpaired) electrons. The lowest BCUT2D eigenvalue weighted by Gasteiger charge is -2.28. The molecular formula is C21H25ClF5N3OS. The topological polar surface area (TPSA) is 46.4 Å². The van der Waals surface area contributed by atoms with Crippen LogP contribution in [0.4, 0.5) is 22.0 Å². The van der Waals surface area contributed by atoms with Crippen molar-refractivity contribution in [3.63, 3.8) is 0 Å². The van der Waals surface area contributed by atoms with Gasteiger partial charge in [0.05, 0.1) is 5.69 Å². The van der Waals surface area contributed by atoms with E-state index >= 15 is 0 Å². The Morgan fingerprint density at radius 1 is 1.28 bits per heavy atom. The third kappa shape index (κ3) is 5.68. The largest absolute Gasteiger partial charge is 0.435 e. The van der Waals surface area contributed by atoms with E-state index in [0.717, 1.165) is 0 Å². The Balaban J connectivity index is 1.94. The predicted molar refractivity (Wildman–Crippen MR) is 116 cm³/mol. The van der Waals surface area contributed by atoms with Crippen molar-refractivity contribution in [2.24, 2.45) is 5.92 Å². The molecule has 2 aromatic heterocycles. The molecule has 0 atom stereocenters. The number of rotatable bonds is 6. The monoisotopic (exact) mass is 497 g/mol. The Kier molecular flexibility index (Phi) is 7.06. The van der Waals surface area contributed by atoms with E-state index in [2.05, 4.69) is 10.3 Å². The summed E-state index contributed by atoms with van der Waals surface area (Å²) in [6.07, 6.45) is -3.34. The molecule has 1 saturated carbocycles. The summed E-state index contributed by atoms with van der Waals surface area (Å²) >= 11 is 7.87. The number of carbonyl (C=O) groups is 1. The van der Waals surface area contributed by atoms with Crippen LogP contribution in [0.1, 0.15) is 61.3 Å². The van der Waals surface area contributed by atoms with Gasteiger partial charge < -0.3 is 5.32 Å². The average molecular weight is 498 g/mol. The zero-order valence-corrected chi connectivity index (χ0v) is 19.5. The molecule has 0 aromatic carbocycles. The third-order valence-corrected chi connectivity index (χ3v) is 7.38. The Bertz CT molecular complexity index is 995. The van der Waals surface area contributed by atoms with Crippen LogP contribution >= 0.6 is 23.4 Å². The molecule has 0 unspecified atom stereocenters. The van der Waals surface area contributed by atoms with Crippen molar-refractivity contribution in [2.45, 2.75) is 62.8 Å². The number of hydrogen-bond donors (Lipinski definition) is 1. The summed E-state index contributed by atoms with van der Waals surface area (Å²) < 4.78 is 69.1. The molecule has 178 valence electrons. The van der Waals surface area contributed by atoms with E-state index in [-0.39, 0.29) is 64.8 Å². The van der Waals surface area contributed by atoms with Gasteiger partial charge in [0.15, 0.2) is 5.69 Å². The van der Waals surface area contributed by atoms with E-state index in [1.165, 1.54) is 16.5 Å². The van der Waals surface area contributed by atoms with E-state index < -0.39 is 23.7 Å². The molecule has 3 rings (SSSR count). The average Bonchev–Trinajstić information content (AvgIpc) is 3.07. The van der Waals surface area contributed by atoms with Crippen LogP contribution in [0.15, 0.2) is 12.1 Å². The van der Waals surface area contributed by atoms with Crippen LogP contribution in [0.25, 0.3) is 5.65 Å². The highest BCUT2D eigenvalue weighted by atomic mass is 35.5. The number of thioether (sulfide) groups is 1. The lowest BCUT2D eigenvalue weighted by Crippen LogP contribution is -2.36. The van der Waals surface area contributed by atoms with Gasteiger partial charge in [-0.15, -0.1) is 0 Å². The lowest BCUT2D eigenvalue weighted by atomic mass is 9.83. The fraction of sp³-hybridized carbons (Fsp3) is 0.619. The number of carbonyl (C=O) groups excluding carboxylic acids is 1. The summed E-state index contributed by atoms with van der Waals surface area (Å²) in [6, 6.07) is 2.57. The van der Waals surface area contributed by atoms with Crippen molar-refractivity contribution in [2.75, 3.05) is 12.8 Å². The van der Waals surface area contributed by atoms with Crippen molar-refractivity contribution < 1.29 is 26.7 Å². The minimum Gasteiger partial charge on any atom is -0.351 e. The second-order valence-corrected chi connectivity index (χ2v) is 10.7. The smallest absolute Gasteiger partial charge is 0.351 e. The van der Waals surface area contributed by atoms with Gasteiger partial charge in [0.25, 0.3) is 5.91 Å². The van der Waals surface area contributed by atoms with Gasteiger partial charge in [-0.2, -0.15) is 24.9 Å². The first kappa shape index (κ1) is 25.1. The number of fused-ring (bicyclic) bond motifs is 1. The Hall–Kier alpha value is -1.55. The Morgan fingerprint density at radius 2 is 1.91 bits per heavy atom. The number of aromatic nitrogens is 2. The molecule has 32 heavy (non-hydrogen) atoms. The van der Waals surface area contributed by atoms with Gasteiger partial charge in [0.2, 0.25) is 5.92 Å². The predicted octanol–water partition coefficient (Wildman–Crippen LogP) is 6.25. The van der Waals surface area contributed by atoms with Crippen molar-refractivity contribution >= 4 is 34.9 Å². The number of imidazole rings is 1. The first-order chi connectivity index (χ1) is 14.7. The summed E-state index contributed by atoms with van der Waals surface area (Å²) in [5.41, 5.74) is -1.27. The molecule has 4 nitrogen and oxygen atoms in total. The zero-order valence-electron chi connectivity index (χ0n) is 18.0. The minimum absolute atomic E-state index is 0.0702. The van der Waals surface area contributed by atoms with E-state index in [0.29, 0.717) is 6.54 Å². The summed E-state index contributed by atoms with van der Waals surface area (Å²) in [5, 5.41) is 2.67. The van der Waals surface area contributed by atoms with Crippen LogP contribution in [-0.2, 0) is 12.6 Å². The molecule has 0 spiro atoms. The first-order valence-electron chi connectivity index (χ1n) is 10.2. The number of alkyl halides is 5. The zero-order chi connectivity index (χ0) is 23.9. The highest BCUT2D eigenvalue weighted by Gasteiger charge is 2.40. The van der Waals surface area contributed by atoms with Gasteiger partial charge in [0, 0.05) is 29.7 Å². The number of nitrogens with zero attached hydrogens (tertiary/aromatic N) is 2. The number of amides is 1. The van der Waals surface area contributed by atoms with E-state index in [1.54, 1.807) is 11.8 Å². The highest BCUT2D eigenvalue weighted by Crippen LogP contribution is 2.40. The van der Waals surface area contributed by atoms with Crippen molar-refractivity contribution in [3.8, 4) is 0 Å². The second kappa shape index (κ2) is 9.00. The van der Waals surface area contributed by atoms with Crippen LogP contribution in [0.5, 0.6) is 0 Å². The second-order valence-electron chi connectivity index (χ2n) is 8.82. The molecule has 1 fully saturated rings. The maximum absolute atomic E-state index is 13.7. The molecule has 0 aliphatic heterocycles. The SMILES string of the molecule is CSC(C)(C)CNC(=O)c1cc(Cl)n2c(CC3CCC(F)(F)CC3)c(C(F)(F)F)nc2c1. The summed E-state index contributed by atoms with van der Waals surface area (Å²) in [5.74, 6) is -3.57. The fourth-order valence-electron chi connectivity index (χ4n) is 3.77. The number of hydrogen-bond acceptors (Lipinski definition) is 3. The Labute approximate surface area is 192 Å². The lowest BCUT2D eigenvalue weighted by molar-refractivity contribution is -0.141. The molecule has 2 aromatic rings. The summed E-state index contributed by atoms with van der Waals surface area (Å²) in [6.45, 7) is 4.26. The quantitative estimate of drug-likeness (QED) is 0.379. The molecule has 1 N–H and O–H groups in total. The minimum atomic E-state index is -4.74. The van der Waals surface area contributed by atoms with E-state index in [9.17, 15) is 26.7 Å². The Morgan fingerprint density at radius 3 is 2.47 bits per heavy atom. The molecule has 2 heterocycles. The maximum Gasteiger partial charge on any atom is 0.435 e. The molecule has 1 aliphatic rings. The van der Waals surface area contributed by atoms with Crippen LogP contribution in [0, 0.1) is 5.92 Å². The van der Waals surface area contributed by atoms with Crippen molar-refractivity contribution in [1.29, 1.82) is 0 Å². The van der Waals surface area contributed by atoms with Gasteiger partial charge in [-0.3, -0.25) is 9.20 Å². The molecular weight excluding hydrogens is 473 g/mol. The van der Waals surface area contributed by atoms with Crippen LogP contribution in [-0.4, -0.2) is 38.8 Å². The van der Waals surface area contributed by atoms with Crippen LogP contribution in [0.3, 0.4) is 0 Å². The first-order valence-corrected chi connectivity index (χ1v) is 11.8. The van der Waals surface area contributed by atoms with Gasteiger partial charge in [-0.25, -0.2) is 13.8 Å². The normalized spacial score (nSPS) is 17.7. The van der Waals surface area contributed by atoms with Gasteiger partial charge in [-0.1, -0.05) is 11.6 Å². The van der Waals surface area contributed by atoms with Crippen LogP contribution < -0.4 is 5.32 Å². The van der Waals surface area contributed by atoms with Gasteiger partial charge in [-0.05, 0) is 57.4 Å². The number of pyridine rings is 1. The molecule has 11 heteroatoms. The third-order valence-electron chi connectivity index (χ3n) is 5.85. The molecule has 1 aliphatic carbocycles. The van der Waals surface area contributed by atoms with Crippen molar-refractivity contribution in [3.05, 3.63) is 34.2 Å². The number of halogens is 6. The van der Waals surface area contributed by atoms with Crippen molar-refractivity contribution in [1.82, 2.24) is 14.7 Å². The van der Waals surface area contributed by atoms with Gasteiger partial charge in [0.1, 0.15) is 10.8 Å². The van der Waals surface area contributed by atoms with Crippen LogP contribution in [0.2, 0.25) is 5.15 Å². The van der Waals surface area contributed by atoms with E-state index in [4.69, 9.17) is 11.6 Å². The van der Waals surface area contributed by atoms with Gasteiger partial charge >= 0.3 is 6.18 Å². The number of nitrogens with one attached hydrogen (secondary N) is 1. The molecule has 0 saturated heterocycles. The summed E-state index contributed by atoms with van der Waals surface area (Å²) in [7, 11) is 0. The van der Waals surface area contributed by atoms with E-state index in [1.807, 2.05) is 20.1 Å².